The zero-order valence-corrected chi connectivity index (χ0v) is 11.6. The maximum atomic E-state index is 11.3. The van der Waals surface area contributed by atoms with E-state index in [9.17, 15) is 9.59 Å². The van der Waals surface area contributed by atoms with Crippen molar-refractivity contribution in [1.82, 2.24) is 5.32 Å². The summed E-state index contributed by atoms with van der Waals surface area (Å²) >= 11 is 0. The van der Waals surface area contributed by atoms with Crippen molar-refractivity contribution in [1.29, 1.82) is 0 Å². The monoisotopic (exact) mass is 281 g/mol. The van der Waals surface area contributed by atoms with Gasteiger partial charge < -0.3 is 19.9 Å². The molecule has 0 aromatic heterocycles. The van der Waals surface area contributed by atoms with Crippen LogP contribution < -0.4 is 14.8 Å². The highest BCUT2D eigenvalue weighted by molar-refractivity contribution is 5.88. The number of amides is 1. The quantitative estimate of drug-likeness (QED) is 0.757. The second-order valence-electron chi connectivity index (χ2n) is 3.95. The van der Waals surface area contributed by atoms with Crippen LogP contribution in [0.2, 0.25) is 0 Å². The van der Waals surface area contributed by atoms with Gasteiger partial charge in [-0.3, -0.25) is 4.79 Å². The van der Waals surface area contributed by atoms with Crippen molar-refractivity contribution in [3.05, 3.63) is 23.8 Å². The summed E-state index contributed by atoms with van der Waals surface area (Å²) in [5, 5.41) is 11.6. The number of aromatic carboxylic acids is 1. The molecule has 2 N–H and O–H groups in total. The molecule has 1 aromatic rings. The molecule has 1 amide bonds. The second-order valence-corrected chi connectivity index (χ2v) is 3.95. The predicted octanol–water partition coefficient (Wildman–Crippen LogP) is 1.69. The van der Waals surface area contributed by atoms with Crippen LogP contribution in [-0.4, -0.2) is 36.7 Å². The zero-order chi connectivity index (χ0) is 15.0. The van der Waals surface area contributed by atoms with Gasteiger partial charge in [0.25, 0.3) is 0 Å². The van der Waals surface area contributed by atoms with E-state index in [-0.39, 0.29) is 24.5 Å². The molecule has 0 aliphatic carbocycles. The summed E-state index contributed by atoms with van der Waals surface area (Å²) in [7, 11) is 0. The van der Waals surface area contributed by atoms with Crippen molar-refractivity contribution in [2.45, 2.75) is 20.3 Å². The van der Waals surface area contributed by atoms with E-state index >= 15 is 0 Å². The molecule has 0 atom stereocenters. The molecule has 0 bridgehead atoms. The molecule has 6 nitrogen and oxygen atoms in total. The van der Waals surface area contributed by atoms with Crippen LogP contribution in [0.25, 0.3) is 0 Å². The topological polar surface area (TPSA) is 84.9 Å². The predicted molar refractivity (Wildman–Crippen MR) is 73.4 cm³/mol. The number of hydrogen-bond donors (Lipinski definition) is 2. The molecule has 0 aliphatic rings. The summed E-state index contributed by atoms with van der Waals surface area (Å²) in [4.78, 5) is 22.2. The van der Waals surface area contributed by atoms with Crippen molar-refractivity contribution in [3.8, 4) is 11.5 Å². The number of benzene rings is 1. The standard InChI is InChI=1S/C14H19NO5/c1-3-15-13(16)7-8-20-11-6-5-10(14(17)18)9-12(11)19-4-2/h5-6,9H,3-4,7-8H2,1-2H3,(H,15,16)(H,17,18). The van der Waals surface area contributed by atoms with E-state index in [4.69, 9.17) is 14.6 Å². The van der Waals surface area contributed by atoms with Crippen LogP contribution in [0.3, 0.4) is 0 Å². The first kappa shape index (κ1) is 15.8. The minimum atomic E-state index is -1.03. The van der Waals surface area contributed by atoms with E-state index in [1.165, 1.54) is 18.2 Å². The summed E-state index contributed by atoms with van der Waals surface area (Å²) in [5.41, 5.74) is 0.129. The van der Waals surface area contributed by atoms with Gasteiger partial charge in [0.2, 0.25) is 5.91 Å². The van der Waals surface area contributed by atoms with Crippen molar-refractivity contribution < 1.29 is 24.2 Å². The number of rotatable bonds is 8. The van der Waals surface area contributed by atoms with Gasteiger partial charge in [0, 0.05) is 6.54 Å². The molecule has 0 radical (unpaired) electrons. The van der Waals surface area contributed by atoms with Crippen LogP contribution in [-0.2, 0) is 4.79 Å². The van der Waals surface area contributed by atoms with Crippen LogP contribution in [0.5, 0.6) is 11.5 Å². The molecule has 0 saturated heterocycles. The minimum Gasteiger partial charge on any atom is -0.490 e. The summed E-state index contributed by atoms with van der Waals surface area (Å²) in [6.07, 6.45) is 0.236. The lowest BCUT2D eigenvalue weighted by Crippen LogP contribution is -2.24. The molecule has 0 heterocycles. The second kappa shape index (κ2) is 8.04. The molecule has 0 spiro atoms. The lowest BCUT2D eigenvalue weighted by Gasteiger charge is -2.12. The van der Waals surface area contributed by atoms with Crippen LogP contribution in [0.4, 0.5) is 0 Å². The first-order chi connectivity index (χ1) is 9.58. The Bertz CT molecular complexity index is 473. The minimum absolute atomic E-state index is 0.0902. The smallest absolute Gasteiger partial charge is 0.335 e. The first-order valence-electron chi connectivity index (χ1n) is 6.48. The van der Waals surface area contributed by atoms with E-state index in [0.717, 1.165) is 0 Å². The van der Waals surface area contributed by atoms with Crippen molar-refractivity contribution in [2.75, 3.05) is 19.8 Å². The highest BCUT2D eigenvalue weighted by Crippen LogP contribution is 2.28. The summed E-state index contributed by atoms with van der Waals surface area (Å²) in [6, 6.07) is 4.38. The Labute approximate surface area is 117 Å². The van der Waals surface area contributed by atoms with Crippen LogP contribution in [0.1, 0.15) is 30.6 Å². The van der Waals surface area contributed by atoms with Crippen molar-refractivity contribution in [3.63, 3.8) is 0 Å². The van der Waals surface area contributed by atoms with Crippen molar-refractivity contribution in [2.24, 2.45) is 0 Å². The van der Waals surface area contributed by atoms with E-state index in [1.54, 1.807) is 6.92 Å². The van der Waals surface area contributed by atoms with Gasteiger partial charge in [0.15, 0.2) is 11.5 Å². The normalized spacial score (nSPS) is 9.90. The number of ether oxygens (including phenoxy) is 2. The number of carbonyl (C=O) groups excluding carboxylic acids is 1. The van der Waals surface area contributed by atoms with Gasteiger partial charge in [-0.15, -0.1) is 0 Å². The average Bonchev–Trinajstić information content (AvgIpc) is 2.40. The number of nitrogens with one attached hydrogen (secondary N) is 1. The lowest BCUT2D eigenvalue weighted by atomic mass is 10.2. The SMILES string of the molecule is CCNC(=O)CCOc1ccc(C(=O)O)cc1OCC. The number of carbonyl (C=O) groups is 2. The molecule has 0 aliphatic heterocycles. The third-order valence-electron chi connectivity index (χ3n) is 2.45. The summed E-state index contributed by atoms with van der Waals surface area (Å²) < 4.78 is 10.8. The Hall–Kier alpha value is -2.24. The zero-order valence-electron chi connectivity index (χ0n) is 11.6. The Balaban J connectivity index is 2.68. The fourth-order valence-electron chi connectivity index (χ4n) is 1.57. The molecule has 0 unspecified atom stereocenters. The lowest BCUT2D eigenvalue weighted by molar-refractivity contribution is -0.121. The van der Waals surface area contributed by atoms with E-state index in [1.807, 2.05) is 6.92 Å². The van der Waals surface area contributed by atoms with Gasteiger partial charge in [-0.05, 0) is 32.0 Å². The van der Waals surface area contributed by atoms with Gasteiger partial charge >= 0.3 is 5.97 Å². The fourth-order valence-corrected chi connectivity index (χ4v) is 1.57. The van der Waals surface area contributed by atoms with Crippen LogP contribution >= 0.6 is 0 Å². The third-order valence-corrected chi connectivity index (χ3v) is 2.45. The van der Waals surface area contributed by atoms with Crippen LogP contribution in [0.15, 0.2) is 18.2 Å². The molecular weight excluding hydrogens is 262 g/mol. The van der Waals surface area contributed by atoms with E-state index in [2.05, 4.69) is 5.32 Å². The molecule has 1 aromatic carbocycles. The van der Waals surface area contributed by atoms with Gasteiger partial charge in [-0.2, -0.15) is 0 Å². The third kappa shape index (κ3) is 4.79. The van der Waals surface area contributed by atoms with Gasteiger partial charge in [0.1, 0.15) is 0 Å². The average molecular weight is 281 g/mol. The molecule has 20 heavy (non-hydrogen) atoms. The molecule has 1 rings (SSSR count). The van der Waals surface area contributed by atoms with Gasteiger partial charge in [-0.25, -0.2) is 4.79 Å². The Morgan fingerprint density at radius 2 is 1.95 bits per heavy atom. The maximum Gasteiger partial charge on any atom is 0.335 e. The van der Waals surface area contributed by atoms with Gasteiger partial charge in [0.05, 0.1) is 25.2 Å². The van der Waals surface area contributed by atoms with E-state index < -0.39 is 5.97 Å². The van der Waals surface area contributed by atoms with Gasteiger partial charge in [-0.1, -0.05) is 0 Å². The number of carboxylic acid groups (broad SMARTS) is 1. The number of carboxylic acids is 1. The molecule has 0 fully saturated rings. The van der Waals surface area contributed by atoms with Crippen molar-refractivity contribution >= 4 is 11.9 Å². The summed E-state index contributed by atoms with van der Waals surface area (Å²) in [6.45, 7) is 4.83. The van der Waals surface area contributed by atoms with E-state index in [0.29, 0.717) is 24.7 Å². The largest absolute Gasteiger partial charge is 0.490 e. The maximum absolute atomic E-state index is 11.3. The number of hydrogen-bond acceptors (Lipinski definition) is 4. The molecule has 6 heteroatoms. The molecular formula is C14H19NO5. The van der Waals surface area contributed by atoms with Crippen LogP contribution in [0, 0.1) is 0 Å². The summed E-state index contributed by atoms with van der Waals surface area (Å²) in [5.74, 6) is -0.322. The first-order valence-corrected chi connectivity index (χ1v) is 6.48. The Kier molecular flexibility index (Phi) is 6.36. The highest BCUT2D eigenvalue weighted by Gasteiger charge is 2.11. The Morgan fingerprint density at radius 3 is 2.55 bits per heavy atom. The molecule has 110 valence electrons. The molecule has 0 saturated carbocycles. The fraction of sp³-hybridized carbons (Fsp3) is 0.429. The highest BCUT2D eigenvalue weighted by atomic mass is 16.5. The Morgan fingerprint density at radius 1 is 1.20 bits per heavy atom.